The van der Waals surface area contributed by atoms with Gasteiger partial charge >= 0.3 is 0 Å². The highest BCUT2D eigenvalue weighted by Gasteiger charge is 2.15. The number of nitrogens with one attached hydrogen (secondary N) is 2. The molecule has 0 aliphatic heterocycles. The number of rotatable bonds is 8. The Bertz CT molecular complexity index is 1490. The van der Waals surface area contributed by atoms with E-state index in [1.807, 2.05) is 49.3 Å². The van der Waals surface area contributed by atoms with E-state index < -0.39 is 11.8 Å². The van der Waals surface area contributed by atoms with E-state index in [0.717, 1.165) is 11.3 Å². The summed E-state index contributed by atoms with van der Waals surface area (Å²) < 4.78 is 5.76. The molecular weight excluding hydrogens is 523 g/mol. The molecule has 0 bridgehead atoms. The van der Waals surface area contributed by atoms with Crippen molar-refractivity contribution in [2.45, 2.75) is 0 Å². The van der Waals surface area contributed by atoms with Gasteiger partial charge in [0.1, 0.15) is 17.2 Å². The van der Waals surface area contributed by atoms with Crippen LogP contribution in [0.15, 0.2) is 100 Å². The van der Waals surface area contributed by atoms with Crippen LogP contribution < -0.4 is 15.6 Å². The zero-order chi connectivity index (χ0) is 27.1. The van der Waals surface area contributed by atoms with Gasteiger partial charge in [0.25, 0.3) is 11.8 Å². The molecule has 0 spiro atoms. The summed E-state index contributed by atoms with van der Waals surface area (Å²) in [6, 6.07) is 24.8. The Kier molecular flexibility index (Phi) is 8.63. The number of benzene rings is 3. The van der Waals surface area contributed by atoms with E-state index in [1.54, 1.807) is 60.7 Å². The maximum absolute atomic E-state index is 13.0. The molecule has 4 aromatic rings. The van der Waals surface area contributed by atoms with Gasteiger partial charge < -0.3 is 14.6 Å². The molecule has 0 fully saturated rings. The molecule has 0 atom stereocenters. The fraction of sp³-hybridized carbons (Fsp3) is 0.0690. The van der Waals surface area contributed by atoms with E-state index in [-0.39, 0.29) is 5.70 Å². The van der Waals surface area contributed by atoms with Crippen LogP contribution in [0.4, 0.5) is 5.69 Å². The van der Waals surface area contributed by atoms with Crippen molar-refractivity contribution < 1.29 is 14.0 Å². The Hall–Kier alpha value is -4.33. The zero-order valence-electron chi connectivity index (χ0n) is 20.6. The van der Waals surface area contributed by atoms with E-state index >= 15 is 0 Å². The molecule has 7 nitrogen and oxygen atoms in total. The van der Waals surface area contributed by atoms with Crippen LogP contribution in [-0.4, -0.2) is 32.1 Å². The molecule has 0 aliphatic carbocycles. The van der Waals surface area contributed by atoms with Gasteiger partial charge in [-0.3, -0.25) is 9.59 Å². The number of hydrogen-bond donors (Lipinski definition) is 2. The van der Waals surface area contributed by atoms with Gasteiger partial charge in [0.05, 0.1) is 16.3 Å². The molecule has 1 aromatic heterocycles. The average Bonchev–Trinajstić information content (AvgIpc) is 3.39. The Balaban J connectivity index is 1.52. The van der Waals surface area contributed by atoms with Gasteiger partial charge in [-0.2, -0.15) is 5.10 Å². The van der Waals surface area contributed by atoms with Crippen LogP contribution in [0.3, 0.4) is 0 Å². The number of hydrazone groups is 1. The third-order valence-electron chi connectivity index (χ3n) is 5.45. The maximum atomic E-state index is 13.0. The number of carbonyl (C=O) groups excluding carboxylic acids is 2. The molecule has 2 amide bonds. The first-order valence-electron chi connectivity index (χ1n) is 11.5. The van der Waals surface area contributed by atoms with Crippen molar-refractivity contribution in [1.29, 1.82) is 0 Å². The highest BCUT2D eigenvalue weighted by Crippen LogP contribution is 2.34. The minimum atomic E-state index is -0.605. The van der Waals surface area contributed by atoms with Crippen LogP contribution in [0.2, 0.25) is 10.0 Å². The first-order valence-corrected chi connectivity index (χ1v) is 12.3. The van der Waals surface area contributed by atoms with Crippen LogP contribution in [0.25, 0.3) is 17.4 Å². The summed E-state index contributed by atoms with van der Waals surface area (Å²) in [5, 5.41) is 7.46. The summed E-state index contributed by atoms with van der Waals surface area (Å²) in [6.45, 7) is 0. The number of carbonyl (C=O) groups is 2. The molecule has 0 saturated carbocycles. The molecule has 3 aromatic carbocycles. The SMILES string of the molecule is CN(C)c1ccc(/C=C(\NC(=O)c2ccccc2)C(=O)N/N=C/c2ccc(-c3cccc(Cl)c3Cl)o2)cc1. The number of amides is 2. The van der Waals surface area contributed by atoms with Crippen molar-refractivity contribution in [2.75, 3.05) is 19.0 Å². The normalized spacial score (nSPS) is 11.4. The summed E-state index contributed by atoms with van der Waals surface area (Å²) in [6.07, 6.45) is 2.93. The minimum Gasteiger partial charge on any atom is -0.455 e. The van der Waals surface area contributed by atoms with Crippen molar-refractivity contribution >= 4 is 53.0 Å². The zero-order valence-corrected chi connectivity index (χ0v) is 22.1. The lowest BCUT2D eigenvalue weighted by Gasteiger charge is -2.12. The summed E-state index contributed by atoms with van der Waals surface area (Å²) in [4.78, 5) is 27.7. The summed E-state index contributed by atoms with van der Waals surface area (Å²) in [5.41, 5.74) is 5.25. The second-order valence-corrected chi connectivity index (χ2v) is 9.15. The lowest BCUT2D eigenvalue weighted by molar-refractivity contribution is -0.117. The number of furan rings is 1. The number of halogens is 2. The molecule has 2 N–H and O–H groups in total. The van der Waals surface area contributed by atoms with Crippen molar-refractivity contribution in [2.24, 2.45) is 5.10 Å². The van der Waals surface area contributed by atoms with Gasteiger partial charge in [-0.1, -0.05) is 59.6 Å². The van der Waals surface area contributed by atoms with Gasteiger partial charge in [0, 0.05) is 30.9 Å². The second kappa shape index (κ2) is 12.3. The van der Waals surface area contributed by atoms with Crippen molar-refractivity contribution in [3.05, 3.63) is 118 Å². The Labute approximate surface area is 230 Å². The van der Waals surface area contributed by atoms with Gasteiger partial charge in [0.15, 0.2) is 0 Å². The lowest BCUT2D eigenvalue weighted by Crippen LogP contribution is -2.32. The van der Waals surface area contributed by atoms with Gasteiger partial charge in [0.2, 0.25) is 0 Å². The average molecular weight is 547 g/mol. The second-order valence-electron chi connectivity index (χ2n) is 8.37. The van der Waals surface area contributed by atoms with E-state index in [9.17, 15) is 9.59 Å². The van der Waals surface area contributed by atoms with E-state index in [4.69, 9.17) is 27.6 Å². The molecule has 9 heteroatoms. The molecular formula is C29H24Cl2N4O3. The highest BCUT2D eigenvalue weighted by atomic mass is 35.5. The predicted molar refractivity (Wildman–Crippen MR) is 153 cm³/mol. The number of anilines is 1. The van der Waals surface area contributed by atoms with Gasteiger partial charge in [-0.15, -0.1) is 0 Å². The monoisotopic (exact) mass is 546 g/mol. The fourth-order valence-corrected chi connectivity index (χ4v) is 3.85. The quantitative estimate of drug-likeness (QED) is 0.155. The van der Waals surface area contributed by atoms with Crippen molar-refractivity contribution in [3.63, 3.8) is 0 Å². The van der Waals surface area contributed by atoms with Crippen LogP contribution in [0.1, 0.15) is 21.7 Å². The largest absolute Gasteiger partial charge is 0.455 e. The third kappa shape index (κ3) is 6.70. The fourth-order valence-electron chi connectivity index (χ4n) is 3.45. The highest BCUT2D eigenvalue weighted by molar-refractivity contribution is 6.43. The molecule has 0 aliphatic rings. The molecule has 0 saturated heterocycles. The first-order chi connectivity index (χ1) is 18.3. The smallest absolute Gasteiger partial charge is 0.287 e. The van der Waals surface area contributed by atoms with E-state index in [2.05, 4.69) is 15.8 Å². The Morgan fingerprint density at radius 3 is 2.34 bits per heavy atom. The number of hydrogen-bond acceptors (Lipinski definition) is 5. The summed E-state index contributed by atoms with van der Waals surface area (Å²) in [5.74, 6) is -0.140. The molecule has 38 heavy (non-hydrogen) atoms. The number of nitrogens with zero attached hydrogens (tertiary/aromatic N) is 2. The van der Waals surface area contributed by atoms with Crippen LogP contribution >= 0.6 is 23.2 Å². The summed E-state index contributed by atoms with van der Waals surface area (Å²) in [7, 11) is 3.88. The standard InChI is InChI=1S/C29H24Cl2N4O3/c1-35(2)21-13-11-19(12-14-21)17-25(33-28(36)20-7-4-3-5-8-20)29(37)34-32-18-22-15-16-26(38-22)23-9-6-10-24(30)27(23)31/h3-18H,1-2H3,(H,33,36)(H,34,37)/b25-17-,32-18+. The van der Waals surface area contributed by atoms with Gasteiger partial charge in [-0.25, -0.2) is 5.43 Å². The summed E-state index contributed by atoms with van der Waals surface area (Å²) >= 11 is 12.4. The van der Waals surface area contributed by atoms with Crippen molar-refractivity contribution in [1.82, 2.24) is 10.7 Å². The molecule has 1 heterocycles. The maximum Gasteiger partial charge on any atom is 0.287 e. The molecule has 192 valence electrons. The Morgan fingerprint density at radius 1 is 0.895 bits per heavy atom. The molecule has 0 radical (unpaired) electrons. The predicted octanol–water partition coefficient (Wildman–Crippen LogP) is 6.24. The molecule has 0 unspecified atom stereocenters. The lowest BCUT2D eigenvalue weighted by atomic mass is 10.1. The molecule has 4 rings (SSSR count). The van der Waals surface area contributed by atoms with E-state index in [0.29, 0.717) is 32.7 Å². The van der Waals surface area contributed by atoms with E-state index in [1.165, 1.54) is 6.21 Å². The minimum absolute atomic E-state index is 0.0273. The van der Waals surface area contributed by atoms with Crippen molar-refractivity contribution in [3.8, 4) is 11.3 Å². The van der Waals surface area contributed by atoms with Crippen LogP contribution in [0, 0.1) is 0 Å². The first kappa shape index (κ1) is 26.7. The Morgan fingerprint density at radius 2 is 1.63 bits per heavy atom. The van der Waals surface area contributed by atoms with Crippen LogP contribution in [-0.2, 0) is 4.79 Å². The van der Waals surface area contributed by atoms with Gasteiger partial charge in [-0.05, 0) is 60.2 Å². The van der Waals surface area contributed by atoms with Crippen LogP contribution in [0.5, 0.6) is 0 Å². The third-order valence-corrected chi connectivity index (χ3v) is 6.27. The topological polar surface area (TPSA) is 86.9 Å².